The fourth-order valence-electron chi connectivity index (χ4n) is 2.62. The Bertz CT molecular complexity index is 513. The van der Waals surface area contributed by atoms with E-state index in [0.29, 0.717) is 13.2 Å². The van der Waals surface area contributed by atoms with Gasteiger partial charge in [-0.15, -0.1) is 0 Å². The van der Waals surface area contributed by atoms with E-state index in [1.807, 2.05) is 24.4 Å². The summed E-state index contributed by atoms with van der Waals surface area (Å²) < 4.78 is 11.6. The lowest BCUT2D eigenvalue weighted by Crippen LogP contribution is -2.43. The minimum Gasteiger partial charge on any atom is -0.374 e. The lowest BCUT2D eigenvalue weighted by Gasteiger charge is -2.32. The molecule has 1 N–H and O–H groups in total. The number of rotatable bonds is 6. The fourth-order valence-corrected chi connectivity index (χ4v) is 2.62. The third kappa shape index (κ3) is 4.43. The van der Waals surface area contributed by atoms with Crippen LogP contribution in [0.25, 0.3) is 0 Å². The van der Waals surface area contributed by atoms with Gasteiger partial charge in [0, 0.05) is 32.0 Å². The highest BCUT2D eigenvalue weighted by Crippen LogP contribution is 2.11. The second-order valence-corrected chi connectivity index (χ2v) is 5.45. The van der Waals surface area contributed by atoms with Gasteiger partial charge in [-0.2, -0.15) is 0 Å². The van der Waals surface area contributed by atoms with E-state index in [2.05, 4.69) is 34.3 Å². The fraction of sp³-hybridized carbons (Fsp3) is 0.412. The summed E-state index contributed by atoms with van der Waals surface area (Å²) in [4.78, 5) is 5.52. The number of hydrogen-bond donors (Lipinski definition) is 1. The van der Waals surface area contributed by atoms with Gasteiger partial charge in [0.1, 0.15) is 0 Å². The van der Waals surface area contributed by atoms with E-state index >= 15 is 0 Å². The van der Waals surface area contributed by atoms with Crippen LogP contribution in [0.4, 0.5) is 0 Å². The molecule has 1 atom stereocenters. The first kappa shape index (κ1) is 14.3. The van der Waals surface area contributed by atoms with Crippen molar-refractivity contribution in [3.05, 3.63) is 59.9 Å². The number of morpholine rings is 1. The Labute approximate surface area is 125 Å². The molecule has 2 aromatic rings. The highest BCUT2D eigenvalue weighted by Gasteiger charge is 2.20. The zero-order chi connectivity index (χ0) is 14.3. The summed E-state index contributed by atoms with van der Waals surface area (Å²) in [7, 11) is 0. The number of nitrogens with one attached hydrogen (secondary N) is 1. The first-order valence-corrected chi connectivity index (χ1v) is 7.47. The standard InChI is InChI=1S/C17H22N2O2/c1-2-4-15(5-3-1)13-20-14-17-12-19(8-9-21-17)11-16-6-7-18-10-16/h1-7,10,17-18H,8-9,11-14H2/t17-/m1/s1. The van der Waals surface area contributed by atoms with Crippen LogP contribution in [0.3, 0.4) is 0 Å². The Balaban J connectivity index is 1.41. The van der Waals surface area contributed by atoms with Gasteiger partial charge in [0.25, 0.3) is 0 Å². The average molecular weight is 286 g/mol. The zero-order valence-corrected chi connectivity index (χ0v) is 12.2. The van der Waals surface area contributed by atoms with Crippen molar-refractivity contribution in [2.45, 2.75) is 19.3 Å². The second-order valence-electron chi connectivity index (χ2n) is 5.45. The van der Waals surface area contributed by atoms with Crippen LogP contribution >= 0.6 is 0 Å². The van der Waals surface area contributed by atoms with Gasteiger partial charge in [-0.05, 0) is 17.2 Å². The minimum atomic E-state index is 0.168. The Morgan fingerprint density at radius 2 is 2.10 bits per heavy atom. The number of benzene rings is 1. The molecule has 3 rings (SSSR count). The van der Waals surface area contributed by atoms with Crippen LogP contribution in [0.2, 0.25) is 0 Å². The number of H-pyrrole nitrogens is 1. The first-order valence-electron chi connectivity index (χ1n) is 7.47. The molecule has 4 heteroatoms. The minimum absolute atomic E-state index is 0.168. The number of aromatic amines is 1. The largest absolute Gasteiger partial charge is 0.374 e. The Morgan fingerprint density at radius 3 is 2.90 bits per heavy atom. The van der Waals surface area contributed by atoms with E-state index in [1.165, 1.54) is 11.1 Å². The average Bonchev–Trinajstić information content (AvgIpc) is 3.02. The molecule has 0 aliphatic carbocycles. The highest BCUT2D eigenvalue weighted by molar-refractivity contribution is 5.13. The monoisotopic (exact) mass is 286 g/mol. The second kappa shape index (κ2) is 7.41. The van der Waals surface area contributed by atoms with Crippen molar-refractivity contribution >= 4 is 0 Å². The van der Waals surface area contributed by atoms with Crippen LogP contribution in [0, 0.1) is 0 Å². The third-order valence-corrected chi connectivity index (χ3v) is 3.71. The third-order valence-electron chi connectivity index (χ3n) is 3.71. The molecule has 1 saturated heterocycles. The van der Waals surface area contributed by atoms with Crippen molar-refractivity contribution < 1.29 is 9.47 Å². The quantitative estimate of drug-likeness (QED) is 0.886. The van der Waals surface area contributed by atoms with Crippen molar-refractivity contribution in [2.75, 3.05) is 26.3 Å². The molecule has 1 aliphatic rings. The molecule has 0 spiro atoms. The van der Waals surface area contributed by atoms with Crippen LogP contribution in [0.5, 0.6) is 0 Å². The SMILES string of the molecule is c1ccc(COC[C@H]2CN(Cc3cc[nH]c3)CCO2)cc1. The number of nitrogens with zero attached hydrogens (tertiary/aromatic N) is 1. The maximum atomic E-state index is 5.79. The predicted octanol–water partition coefficient (Wildman–Crippen LogP) is 2.43. The molecule has 0 bridgehead atoms. The summed E-state index contributed by atoms with van der Waals surface area (Å²) in [6.07, 6.45) is 4.19. The van der Waals surface area contributed by atoms with Gasteiger partial charge >= 0.3 is 0 Å². The molecule has 21 heavy (non-hydrogen) atoms. The molecule has 4 nitrogen and oxygen atoms in total. The number of hydrogen-bond acceptors (Lipinski definition) is 3. The lowest BCUT2D eigenvalue weighted by molar-refractivity contribution is -0.0741. The van der Waals surface area contributed by atoms with Gasteiger partial charge in [-0.1, -0.05) is 30.3 Å². The van der Waals surface area contributed by atoms with Gasteiger partial charge in [0.2, 0.25) is 0 Å². The van der Waals surface area contributed by atoms with Crippen molar-refractivity contribution in [3.63, 3.8) is 0 Å². The Hall–Kier alpha value is -1.62. The topological polar surface area (TPSA) is 37.5 Å². The lowest BCUT2D eigenvalue weighted by atomic mass is 10.2. The molecule has 0 unspecified atom stereocenters. The highest BCUT2D eigenvalue weighted by atomic mass is 16.5. The van der Waals surface area contributed by atoms with Crippen molar-refractivity contribution in [1.82, 2.24) is 9.88 Å². The normalized spacial score (nSPS) is 19.7. The van der Waals surface area contributed by atoms with E-state index in [1.54, 1.807) is 0 Å². The van der Waals surface area contributed by atoms with Gasteiger partial charge in [0.15, 0.2) is 0 Å². The van der Waals surface area contributed by atoms with Crippen molar-refractivity contribution in [1.29, 1.82) is 0 Å². The van der Waals surface area contributed by atoms with E-state index in [0.717, 1.165) is 26.2 Å². The van der Waals surface area contributed by atoms with Gasteiger partial charge in [0.05, 0.1) is 25.9 Å². The molecular formula is C17H22N2O2. The van der Waals surface area contributed by atoms with E-state index in [9.17, 15) is 0 Å². The molecule has 1 aromatic carbocycles. The Morgan fingerprint density at radius 1 is 1.19 bits per heavy atom. The van der Waals surface area contributed by atoms with E-state index < -0.39 is 0 Å². The smallest absolute Gasteiger partial charge is 0.0935 e. The summed E-state index contributed by atoms with van der Waals surface area (Å²) in [6, 6.07) is 12.4. The summed E-state index contributed by atoms with van der Waals surface area (Å²) in [5, 5.41) is 0. The first-order chi connectivity index (χ1) is 10.4. The van der Waals surface area contributed by atoms with E-state index in [-0.39, 0.29) is 6.10 Å². The van der Waals surface area contributed by atoms with Crippen molar-refractivity contribution in [3.8, 4) is 0 Å². The zero-order valence-electron chi connectivity index (χ0n) is 12.2. The molecule has 1 aromatic heterocycles. The van der Waals surface area contributed by atoms with E-state index in [4.69, 9.17) is 9.47 Å². The van der Waals surface area contributed by atoms with Gasteiger partial charge in [-0.3, -0.25) is 4.90 Å². The van der Waals surface area contributed by atoms with Crippen molar-refractivity contribution in [2.24, 2.45) is 0 Å². The number of ether oxygens (including phenoxy) is 2. The maximum absolute atomic E-state index is 5.79. The molecule has 0 saturated carbocycles. The summed E-state index contributed by atoms with van der Waals surface area (Å²) in [5.74, 6) is 0. The van der Waals surface area contributed by atoms with Gasteiger partial charge in [-0.25, -0.2) is 0 Å². The molecule has 2 heterocycles. The van der Waals surface area contributed by atoms with Crippen LogP contribution < -0.4 is 0 Å². The molecule has 0 amide bonds. The number of aromatic nitrogens is 1. The molecule has 1 aliphatic heterocycles. The summed E-state index contributed by atoms with van der Waals surface area (Å²) in [5.41, 5.74) is 2.53. The molecule has 1 fully saturated rings. The van der Waals surface area contributed by atoms with Crippen LogP contribution in [-0.4, -0.2) is 42.3 Å². The van der Waals surface area contributed by atoms with Gasteiger partial charge < -0.3 is 14.5 Å². The molecule has 112 valence electrons. The Kier molecular flexibility index (Phi) is 5.05. The summed E-state index contributed by atoms with van der Waals surface area (Å²) in [6.45, 7) is 4.98. The molecule has 0 radical (unpaired) electrons. The van der Waals surface area contributed by atoms with Crippen LogP contribution in [-0.2, 0) is 22.6 Å². The van der Waals surface area contributed by atoms with Crippen LogP contribution in [0.1, 0.15) is 11.1 Å². The predicted molar refractivity (Wildman–Crippen MR) is 81.9 cm³/mol. The van der Waals surface area contributed by atoms with Crippen LogP contribution in [0.15, 0.2) is 48.8 Å². The molecular weight excluding hydrogens is 264 g/mol. The maximum Gasteiger partial charge on any atom is 0.0935 e. The summed E-state index contributed by atoms with van der Waals surface area (Å²) >= 11 is 0.